The van der Waals surface area contributed by atoms with Gasteiger partial charge in [-0.25, -0.2) is 0 Å². The molecule has 0 bridgehead atoms. The van der Waals surface area contributed by atoms with Crippen LogP contribution in [-0.2, 0) is 12.8 Å². The molecule has 0 atom stereocenters. The van der Waals surface area contributed by atoms with Crippen molar-refractivity contribution in [2.24, 2.45) is 0 Å². The molecule has 0 N–H and O–H groups in total. The molecule has 0 radical (unpaired) electrons. The van der Waals surface area contributed by atoms with Gasteiger partial charge in [0.25, 0.3) is 0 Å². The molecule has 112 valence electrons. The quantitative estimate of drug-likeness (QED) is 0.453. The lowest BCUT2D eigenvalue weighted by molar-refractivity contribution is 0.557. The Bertz CT molecular complexity index is 727. The van der Waals surface area contributed by atoms with Crippen LogP contribution in [0.25, 0.3) is 21.9 Å². The van der Waals surface area contributed by atoms with Gasteiger partial charge in [-0.1, -0.05) is 50.2 Å². The third-order valence-corrected chi connectivity index (χ3v) is 3.65. The number of para-hydroxylation sites is 2. The average molecular weight is 292 g/mol. The van der Waals surface area contributed by atoms with Gasteiger partial charge in [0, 0.05) is 23.6 Å². The van der Waals surface area contributed by atoms with E-state index in [4.69, 9.17) is 8.83 Å². The van der Waals surface area contributed by atoms with E-state index in [1.807, 2.05) is 36.4 Å². The van der Waals surface area contributed by atoms with E-state index in [1.165, 1.54) is 10.8 Å². The fourth-order valence-electron chi connectivity index (χ4n) is 2.42. The van der Waals surface area contributed by atoms with Crippen molar-refractivity contribution in [1.82, 2.24) is 0 Å². The normalized spacial score (nSPS) is 10.6. The first-order chi connectivity index (χ1) is 10.8. The summed E-state index contributed by atoms with van der Waals surface area (Å²) < 4.78 is 11.0. The molecule has 0 unspecified atom stereocenters. The summed E-state index contributed by atoms with van der Waals surface area (Å²) in [5.41, 5.74) is 1.98. The summed E-state index contributed by atoms with van der Waals surface area (Å²) in [6.45, 7) is 4.19. The summed E-state index contributed by atoms with van der Waals surface area (Å²) in [6.07, 6.45) is 1.93. The molecule has 4 rings (SSSR count). The lowest BCUT2D eigenvalue weighted by atomic mass is 10.2. The van der Waals surface area contributed by atoms with E-state index in [1.54, 1.807) is 0 Å². The Hall–Kier alpha value is -2.48. The van der Waals surface area contributed by atoms with Crippen LogP contribution in [0.4, 0.5) is 0 Å². The Balaban J connectivity index is 0.000000131. The summed E-state index contributed by atoms with van der Waals surface area (Å²) in [7, 11) is 0. The molecular formula is C20H20O2. The van der Waals surface area contributed by atoms with Crippen LogP contribution in [0.5, 0.6) is 0 Å². The summed E-state index contributed by atoms with van der Waals surface area (Å²) in [5, 5.41) is 2.40. The number of aryl methyl sites for hydroxylation is 2. The monoisotopic (exact) mass is 292 g/mol. The molecule has 2 aromatic heterocycles. The van der Waals surface area contributed by atoms with E-state index in [-0.39, 0.29) is 0 Å². The van der Waals surface area contributed by atoms with Crippen LogP contribution in [0.2, 0.25) is 0 Å². The molecule has 0 aliphatic heterocycles. The Morgan fingerprint density at radius 2 is 1.05 bits per heavy atom. The zero-order chi connectivity index (χ0) is 15.4. The summed E-state index contributed by atoms with van der Waals surface area (Å²) >= 11 is 0. The number of rotatable bonds is 2. The topological polar surface area (TPSA) is 26.3 Å². The summed E-state index contributed by atoms with van der Waals surface area (Å²) in [5.74, 6) is 2.12. The maximum Gasteiger partial charge on any atom is 0.134 e. The maximum atomic E-state index is 5.52. The van der Waals surface area contributed by atoms with Crippen molar-refractivity contribution >= 4 is 21.9 Å². The van der Waals surface area contributed by atoms with E-state index in [0.29, 0.717) is 0 Å². The van der Waals surface area contributed by atoms with Crippen LogP contribution in [0, 0.1) is 0 Å². The lowest BCUT2D eigenvalue weighted by Crippen LogP contribution is -1.67. The second-order valence-electron chi connectivity index (χ2n) is 5.21. The molecule has 4 aromatic rings. The van der Waals surface area contributed by atoms with Crippen molar-refractivity contribution in [3.05, 3.63) is 72.2 Å². The van der Waals surface area contributed by atoms with Crippen molar-refractivity contribution in [3.63, 3.8) is 0 Å². The predicted molar refractivity (Wildman–Crippen MR) is 91.2 cm³/mol. The molecule has 0 aliphatic rings. The average Bonchev–Trinajstić information content (AvgIpc) is 3.18. The van der Waals surface area contributed by atoms with Crippen molar-refractivity contribution < 1.29 is 8.83 Å². The number of benzene rings is 2. The number of furan rings is 2. The Morgan fingerprint density at radius 3 is 1.41 bits per heavy atom. The van der Waals surface area contributed by atoms with Gasteiger partial charge in [-0.15, -0.1) is 0 Å². The second kappa shape index (κ2) is 6.52. The molecule has 22 heavy (non-hydrogen) atoms. The van der Waals surface area contributed by atoms with Crippen LogP contribution >= 0.6 is 0 Å². The molecule has 0 spiro atoms. The van der Waals surface area contributed by atoms with E-state index < -0.39 is 0 Å². The zero-order valence-corrected chi connectivity index (χ0v) is 13.0. The van der Waals surface area contributed by atoms with Gasteiger partial charge in [-0.05, 0) is 24.3 Å². The second-order valence-corrected chi connectivity index (χ2v) is 5.21. The Morgan fingerprint density at radius 1 is 0.636 bits per heavy atom. The summed E-state index contributed by atoms with van der Waals surface area (Å²) in [4.78, 5) is 0. The van der Waals surface area contributed by atoms with Crippen LogP contribution < -0.4 is 0 Å². The highest BCUT2D eigenvalue weighted by atomic mass is 16.3. The SMILES string of the molecule is CCc1cc2ccccc2o1.CCc1cc2ccccc2o1. The largest absolute Gasteiger partial charge is 0.461 e. The van der Waals surface area contributed by atoms with E-state index >= 15 is 0 Å². The molecule has 2 heterocycles. The van der Waals surface area contributed by atoms with Crippen LogP contribution in [0.3, 0.4) is 0 Å². The Labute approximate surface area is 130 Å². The molecule has 0 aliphatic carbocycles. The van der Waals surface area contributed by atoms with Gasteiger partial charge in [0.2, 0.25) is 0 Å². The number of fused-ring (bicyclic) bond motifs is 2. The minimum absolute atomic E-state index is 0.967. The first-order valence-corrected chi connectivity index (χ1v) is 7.75. The summed E-state index contributed by atoms with van der Waals surface area (Å²) in [6, 6.07) is 20.3. The highest BCUT2D eigenvalue weighted by Crippen LogP contribution is 2.19. The minimum atomic E-state index is 0.967. The molecule has 2 aromatic carbocycles. The predicted octanol–water partition coefficient (Wildman–Crippen LogP) is 5.99. The van der Waals surface area contributed by atoms with Crippen molar-refractivity contribution in [3.8, 4) is 0 Å². The molecule has 0 amide bonds. The standard InChI is InChI=1S/2C10H10O/c2*1-2-9-7-8-5-3-4-6-10(8)11-9/h2*3-7H,2H2,1H3. The van der Waals surface area contributed by atoms with E-state index in [2.05, 4.69) is 38.1 Å². The molecule has 0 fully saturated rings. The third kappa shape index (κ3) is 3.06. The third-order valence-electron chi connectivity index (χ3n) is 3.65. The fourth-order valence-corrected chi connectivity index (χ4v) is 2.42. The van der Waals surface area contributed by atoms with Gasteiger partial charge >= 0.3 is 0 Å². The van der Waals surface area contributed by atoms with E-state index in [0.717, 1.165) is 35.5 Å². The molecule has 2 heteroatoms. The fraction of sp³-hybridized carbons (Fsp3) is 0.200. The van der Waals surface area contributed by atoms with Crippen molar-refractivity contribution in [2.45, 2.75) is 26.7 Å². The van der Waals surface area contributed by atoms with Gasteiger partial charge in [-0.3, -0.25) is 0 Å². The van der Waals surface area contributed by atoms with Crippen LogP contribution in [-0.4, -0.2) is 0 Å². The smallest absolute Gasteiger partial charge is 0.134 e. The van der Waals surface area contributed by atoms with Gasteiger partial charge in [0.15, 0.2) is 0 Å². The lowest BCUT2D eigenvalue weighted by Gasteiger charge is -1.83. The zero-order valence-electron chi connectivity index (χ0n) is 13.0. The van der Waals surface area contributed by atoms with E-state index in [9.17, 15) is 0 Å². The van der Waals surface area contributed by atoms with Gasteiger partial charge in [0.1, 0.15) is 22.7 Å². The first kappa shape index (κ1) is 14.5. The van der Waals surface area contributed by atoms with Crippen LogP contribution in [0.15, 0.2) is 69.5 Å². The van der Waals surface area contributed by atoms with Crippen molar-refractivity contribution in [1.29, 1.82) is 0 Å². The molecule has 0 saturated heterocycles. The number of hydrogen-bond acceptors (Lipinski definition) is 2. The van der Waals surface area contributed by atoms with Crippen molar-refractivity contribution in [2.75, 3.05) is 0 Å². The highest BCUT2D eigenvalue weighted by Gasteiger charge is 1.99. The van der Waals surface area contributed by atoms with Gasteiger partial charge < -0.3 is 8.83 Å². The molecule has 0 saturated carbocycles. The molecular weight excluding hydrogens is 272 g/mol. The maximum absolute atomic E-state index is 5.52. The Kier molecular flexibility index (Phi) is 4.29. The number of hydrogen-bond donors (Lipinski definition) is 0. The minimum Gasteiger partial charge on any atom is -0.461 e. The highest BCUT2D eigenvalue weighted by molar-refractivity contribution is 5.78. The van der Waals surface area contributed by atoms with Crippen LogP contribution in [0.1, 0.15) is 25.4 Å². The first-order valence-electron chi connectivity index (χ1n) is 7.75. The van der Waals surface area contributed by atoms with Gasteiger partial charge in [-0.2, -0.15) is 0 Å². The van der Waals surface area contributed by atoms with Gasteiger partial charge in [0.05, 0.1) is 0 Å². The molecule has 2 nitrogen and oxygen atoms in total.